The maximum absolute atomic E-state index is 11.8. The van der Waals surface area contributed by atoms with Crippen molar-refractivity contribution in [2.24, 2.45) is 11.8 Å². The Bertz CT molecular complexity index is 222. The van der Waals surface area contributed by atoms with Crippen molar-refractivity contribution in [2.75, 3.05) is 0 Å². The summed E-state index contributed by atoms with van der Waals surface area (Å²) in [6.45, 7) is 8.60. The van der Waals surface area contributed by atoms with E-state index < -0.39 is 0 Å². The molecule has 0 fully saturated rings. The second-order valence-electron chi connectivity index (χ2n) is 6.50. The third kappa shape index (κ3) is 10.5. The zero-order chi connectivity index (χ0) is 15.2. The Balaban J connectivity index is 3.83. The predicted molar refractivity (Wildman–Crippen MR) is 90.1 cm³/mol. The van der Waals surface area contributed by atoms with Crippen LogP contribution in [0.4, 0.5) is 0 Å². The van der Waals surface area contributed by atoms with Gasteiger partial charge in [0.2, 0.25) is 0 Å². The maximum Gasteiger partial charge on any atom is 0.132 e. The highest BCUT2D eigenvalue weighted by molar-refractivity contribution is 5.78. The average Bonchev–Trinajstić information content (AvgIpc) is 2.43. The molecule has 0 radical (unpaired) electrons. The fourth-order valence-electron chi connectivity index (χ4n) is 3.12. The minimum Gasteiger partial charge on any atom is -0.300 e. The first-order valence-electron chi connectivity index (χ1n) is 9.16. The summed E-state index contributed by atoms with van der Waals surface area (Å²) in [5.41, 5.74) is 0. The van der Waals surface area contributed by atoms with E-state index in [0.29, 0.717) is 11.7 Å². The molecule has 0 aromatic heterocycles. The Morgan fingerprint density at radius 1 is 0.750 bits per heavy atom. The van der Waals surface area contributed by atoms with Crippen LogP contribution in [0.1, 0.15) is 105 Å². The first-order chi connectivity index (χ1) is 9.65. The van der Waals surface area contributed by atoms with Crippen molar-refractivity contribution < 1.29 is 4.79 Å². The van der Waals surface area contributed by atoms with Gasteiger partial charge in [-0.2, -0.15) is 0 Å². The lowest BCUT2D eigenvalue weighted by molar-refractivity contribution is -0.121. The molecule has 0 aliphatic heterocycles. The lowest BCUT2D eigenvalue weighted by Gasteiger charge is -2.18. The highest BCUT2D eigenvalue weighted by atomic mass is 16.1. The number of hydrogen-bond donors (Lipinski definition) is 0. The van der Waals surface area contributed by atoms with Crippen LogP contribution in [0.5, 0.6) is 0 Å². The smallest absolute Gasteiger partial charge is 0.132 e. The molecule has 2 atom stereocenters. The van der Waals surface area contributed by atoms with Crippen molar-refractivity contribution in [3.63, 3.8) is 0 Å². The molecule has 0 spiro atoms. The van der Waals surface area contributed by atoms with Crippen LogP contribution in [-0.2, 0) is 4.79 Å². The molecule has 0 aromatic rings. The molecule has 0 aliphatic carbocycles. The Morgan fingerprint density at radius 2 is 1.40 bits per heavy atom. The molecule has 0 amide bonds. The van der Waals surface area contributed by atoms with E-state index in [0.717, 1.165) is 18.8 Å². The first-order valence-corrected chi connectivity index (χ1v) is 9.16. The van der Waals surface area contributed by atoms with Crippen molar-refractivity contribution in [1.82, 2.24) is 0 Å². The third-order valence-corrected chi connectivity index (χ3v) is 4.68. The number of carbonyl (C=O) groups is 1. The van der Waals surface area contributed by atoms with Crippen LogP contribution in [0.15, 0.2) is 0 Å². The fourth-order valence-corrected chi connectivity index (χ4v) is 3.12. The Morgan fingerprint density at radius 3 is 1.95 bits per heavy atom. The molecular formula is C19H38O. The molecule has 0 saturated carbocycles. The van der Waals surface area contributed by atoms with Crippen molar-refractivity contribution in [3.8, 4) is 0 Å². The largest absolute Gasteiger partial charge is 0.300 e. The van der Waals surface area contributed by atoms with Crippen molar-refractivity contribution in [2.45, 2.75) is 105 Å². The van der Waals surface area contributed by atoms with Gasteiger partial charge >= 0.3 is 0 Å². The number of hydrogen-bond acceptors (Lipinski definition) is 1. The first kappa shape index (κ1) is 19.7. The molecule has 1 nitrogen and oxygen atoms in total. The van der Waals surface area contributed by atoms with Crippen molar-refractivity contribution >= 4 is 5.78 Å². The lowest BCUT2D eigenvalue weighted by Crippen LogP contribution is -2.13. The van der Waals surface area contributed by atoms with Gasteiger partial charge in [-0.3, -0.25) is 4.79 Å². The van der Waals surface area contributed by atoms with Gasteiger partial charge < -0.3 is 0 Å². The van der Waals surface area contributed by atoms with Crippen LogP contribution >= 0.6 is 0 Å². The van der Waals surface area contributed by atoms with Crippen LogP contribution in [0.25, 0.3) is 0 Å². The molecule has 120 valence electrons. The zero-order valence-electron chi connectivity index (χ0n) is 14.5. The molecule has 1 heteroatoms. The molecule has 0 N–H and O–H groups in total. The van der Waals surface area contributed by atoms with Gasteiger partial charge in [-0.1, -0.05) is 78.6 Å². The second kappa shape index (κ2) is 13.6. The molecule has 0 saturated heterocycles. The van der Waals surface area contributed by atoms with E-state index >= 15 is 0 Å². The Hall–Kier alpha value is -0.330. The summed E-state index contributed by atoms with van der Waals surface area (Å²) in [5, 5.41) is 0. The van der Waals surface area contributed by atoms with Gasteiger partial charge in [0.1, 0.15) is 5.78 Å². The number of carbonyl (C=O) groups excluding carboxylic acids is 1. The minimum atomic E-state index is 0.340. The predicted octanol–water partition coefficient (Wildman–Crippen LogP) is 6.55. The van der Waals surface area contributed by atoms with E-state index in [-0.39, 0.29) is 0 Å². The van der Waals surface area contributed by atoms with Crippen LogP contribution in [0, 0.1) is 11.8 Å². The minimum absolute atomic E-state index is 0.340. The van der Waals surface area contributed by atoms with Crippen molar-refractivity contribution in [1.29, 1.82) is 0 Å². The number of Topliss-reactive ketones (excluding diaryl/α,β-unsaturated/α-hetero) is 1. The monoisotopic (exact) mass is 282 g/mol. The van der Waals surface area contributed by atoms with E-state index in [1.165, 1.54) is 64.2 Å². The van der Waals surface area contributed by atoms with Crippen LogP contribution < -0.4 is 0 Å². The number of unbranched alkanes of at least 4 members (excludes halogenated alkanes) is 5. The Kier molecular flexibility index (Phi) is 13.4. The highest BCUT2D eigenvalue weighted by Gasteiger charge is 2.16. The van der Waals surface area contributed by atoms with Gasteiger partial charge in [-0.25, -0.2) is 0 Å². The Labute approximate surface area is 127 Å². The number of rotatable bonds is 14. The van der Waals surface area contributed by atoms with E-state index in [2.05, 4.69) is 20.8 Å². The van der Waals surface area contributed by atoms with Gasteiger partial charge in [0.25, 0.3) is 0 Å². The topological polar surface area (TPSA) is 17.1 Å². The fraction of sp³-hybridized carbons (Fsp3) is 0.947. The van der Waals surface area contributed by atoms with E-state index in [1.54, 1.807) is 6.92 Å². The zero-order valence-corrected chi connectivity index (χ0v) is 14.5. The van der Waals surface area contributed by atoms with Crippen LogP contribution in [-0.4, -0.2) is 5.78 Å². The van der Waals surface area contributed by atoms with E-state index in [9.17, 15) is 4.79 Å². The van der Waals surface area contributed by atoms with Crippen molar-refractivity contribution in [3.05, 3.63) is 0 Å². The lowest BCUT2D eigenvalue weighted by atomic mass is 9.87. The summed E-state index contributed by atoms with van der Waals surface area (Å²) in [6.07, 6.45) is 15.4. The molecule has 0 aliphatic rings. The van der Waals surface area contributed by atoms with Crippen LogP contribution in [0.3, 0.4) is 0 Å². The van der Waals surface area contributed by atoms with E-state index in [4.69, 9.17) is 0 Å². The summed E-state index contributed by atoms with van der Waals surface area (Å²) in [6, 6.07) is 0. The molecule has 0 bridgehead atoms. The van der Waals surface area contributed by atoms with Gasteiger partial charge in [-0.05, 0) is 32.1 Å². The maximum atomic E-state index is 11.8. The molecule has 0 heterocycles. The van der Waals surface area contributed by atoms with Gasteiger partial charge in [-0.15, -0.1) is 0 Å². The van der Waals surface area contributed by atoms with Gasteiger partial charge in [0.05, 0.1) is 0 Å². The van der Waals surface area contributed by atoms with E-state index in [1.807, 2.05) is 0 Å². The molecule has 0 aromatic carbocycles. The summed E-state index contributed by atoms with van der Waals surface area (Å²) < 4.78 is 0. The summed E-state index contributed by atoms with van der Waals surface area (Å²) in [5.74, 6) is 1.60. The molecular weight excluding hydrogens is 244 g/mol. The highest BCUT2D eigenvalue weighted by Crippen LogP contribution is 2.24. The SMILES string of the molecule is CCCCCCCCC(CCC(CC)CCC)C(C)=O. The number of ketones is 1. The molecule has 2 unspecified atom stereocenters. The third-order valence-electron chi connectivity index (χ3n) is 4.68. The average molecular weight is 283 g/mol. The standard InChI is InChI=1S/C19H38O/c1-5-8-9-10-11-12-14-19(17(4)20)16-15-18(7-3)13-6-2/h18-19H,5-16H2,1-4H3. The molecule has 0 rings (SSSR count). The second-order valence-corrected chi connectivity index (χ2v) is 6.50. The quantitative estimate of drug-likeness (QED) is 0.330. The normalized spacial score (nSPS) is 14.2. The van der Waals surface area contributed by atoms with Gasteiger partial charge in [0, 0.05) is 5.92 Å². The summed E-state index contributed by atoms with van der Waals surface area (Å²) in [7, 11) is 0. The van der Waals surface area contributed by atoms with Gasteiger partial charge in [0.15, 0.2) is 0 Å². The summed E-state index contributed by atoms with van der Waals surface area (Å²) >= 11 is 0. The summed E-state index contributed by atoms with van der Waals surface area (Å²) in [4.78, 5) is 11.8. The molecule has 20 heavy (non-hydrogen) atoms. The van der Waals surface area contributed by atoms with Crippen LogP contribution in [0.2, 0.25) is 0 Å².